The van der Waals surface area contributed by atoms with Crippen LogP contribution in [0.4, 0.5) is 11.4 Å². The summed E-state index contributed by atoms with van der Waals surface area (Å²) in [5.74, 6) is 0.316. The van der Waals surface area contributed by atoms with Gasteiger partial charge in [-0.2, -0.15) is 0 Å². The zero-order valence-corrected chi connectivity index (χ0v) is 12.6. The SMILES string of the molecule is CC(C)Oc1cccc(NCC2CCCCN2)c1[N+](=O)[O-]. The molecular weight excluding hydrogens is 270 g/mol. The molecule has 1 aliphatic rings. The fourth-order valence-electron chi connectivity index (χ4n) is 2.53. The smallest absolute Gasteiger partial charge is 0.333 e. The highest BCUT2D eigenvalue weighted by Crippen LogP contribution is 2.35. The summed E-state index contributed by atoms with van der Waals surface area (Å²) in [7, 11) is 0. The molecule has 1 unspecified atom stereocenters. The highest BCUT2D eigenvalue weighted by molar-refractivity contribution is 5.68. The molecule has 1 aromatic carbocycles. The zero-order chi connectivity index (χ0) is 15.2. The third-order valence-corrected chi connectivity index (χ3v) is 3.50. The third-order valence-electron chi connectivity index (χ3n) is 3.50. The van der Waals surface area contributed by atoms with Crippen LogP contribution in [0.5, 0.6) is 5.75 Å². The molecule has 2 rings (SSSR count). The number of piperidine rings is 1. The lowest BCUT2D eigenvalue weighted by Gasteiger charge is -2.24. The van der Waals surface area contributed by atoms with Crippen LogP contribution in [0, 0.1) is 10.1 Å². The minimum absolute atomic E-state index is 0.0157. The van der Waals surface area contributed by atoms with Crippen molar-refractivity contribution in [2.24, 2.45) is 0 Å². The van der Waals surface area contributed by atoms with E-state index in [0.717, 1.165) is 13.0 Å². The number of hydrogen-bond acceptors (Lipinski definition) is 5. The fraction of sp³-hybridized carbons (Fsp3) is 0.600. The maximum Gasteiger partial charge on any atom is 0.333 e. The number of anilines is 1. The second-order valence-electron chi connectivity index (χ2n) is 5.60. The molecule has 0 bridgehead atoms. The van der Waals surface area contributed by atoms with Crippen LogP contribution >= 0.6 is 0 Å². The van der Waals surface area contributed by atoms with Gasteiger partial charge in [-0.05, 0) is 45.4 Å². The molecule has 2 N–H and O–H groups in total. The third kappa shape index (κ3) is 4.32. The van der Waals surface area contributed by atoms with E-state index >= 15 is 0 Å². The lowest BCUT2D eigenvalue weighted by atomic mass is 10.1. The van der Waals surface area contributed by atoms with Crippen molar-refractivity contribution in [3.05, 3.63) is 28.3 Å². The first-order chi connectivity index (χ1) is 10.1. The van der Waals surface area contributed by atoms with Gasteiger partial charge in [0.1, 0.15) is 5.69 Å². The first-order valence-corrected chi connectivity index (χ1v) is 7.49. The van der Waals surface area contributed by atoms with Gasteiger partial charge in [-0.3, -0.25) is 10.1 Å². The molecule has 6 heteroatoms. The topological polar surface area (TPSA) is 76.4 Å². The molecule has 1 atom stereocenters. The van der Waals surface area contributed by atoms with E-state index in [2.05, 4.69) is 10.6 Å². The molecule has 6 nitrogen and oxygen atoms in total. The number of nitro benzene ring substituents is 1. The number of para-hydroxylation sites is 1. The van der Waals surface area contributed by atoms with Gasteiger partial charge in [0, 0.05) is 12.6 Å². The van der Waals surface area contributed by atoms with Crippen LogP contribution in [0.25, 0.3) is 0 Å². The van der Waals surface area contributed by atoms with Gasteiger partial charge in [0.15, 0.2) is 5.75 Å². The van der Waals surface area contributed by atoms with Gasteiger partial charge in [-0.1, -0.05) is 12.5 Å². The maximum absolute atomic E-state index is 11.3. The Morgan fingerprint density at radius 1 is 1.48 bits per heavy atom. The van der Waals surface area contributed by atoms with E-state index in [1.54, 1.807) is 18.2 Å². The lowest BCUT2D eigenvalue weighted by Crippen LogP contribution is -2.39. The summed E-state index contributed by atoms with van der Waals surface area (Å²) in [6.07, 6.45) is 3.41. The molecule has 0 aliphatic carbocycles. The summed E-state index contributed by atoms with van der Waals surface area (Å²) in [4.78, 5) is 11.0. The summed E-state index contributed by atoms with van der Waals surface area (Å²) in [6, 6.07) is 5.52. The number of rotatable bonds is 6. The summed E-state index contributed by atoms with van der Waals surface area (Å²) < 4.78 is 5.54. The Morgan fingerprint density at radius 3 is 2.90 bits per heavy atom. The van der Waals surface area contributed by atoms with Gasteiger partial charge in [0.2, 0.25) is 0 Å². The van der Waals surface area contributed by atoms with Crippen molar-refractivity contribution in [2.75, 3.05) is 18.4 Å². The predicted octanol–water partition coefficient (Wildman–Crippen LogP) is 2.94. The number of benzene rings is 1. The molecule has 1 heterocycles. The molecule has 21 heavy (non-hydrogen) atoms. The molecule has 116 valence electrons. The minimum Gasteiger partial charge on any atom is -0.484 e. The van der Waals surface area contributed by atoms with Crippen LogP contribution in [0.1, 0.15) is 33.1 Å². The van der Waals surface area contributed by atoms with Crippen LogP contribution < -0.4 is 15.4 Å². The zero-order valence-electron chi connectivity index (χ0n) is 12.6. The second-order valence-corrected chi connectivity index (χ2v) is 5.60. The van der Waals surface area contributed by atoms with Gasteiger partial charge in [0.25, 0.3) is 0 Å². The van der Waals surface area contributed by atoms with E-state index in [0.29, 0.717) is 24.0 Å². The quantitative estimate of drug-likeness (QED) is 0.623. The van der Waals surface area contributed by atoms with Crippen molar-refractivity contribution >= 4 is 11.4 Å². The molecule has 0 amide bonds. The molecule has 1 aliphatic heterocycles. The Kier molecular flexibility index (Phi) is 5.38. The number of nitrogens with one attached hydrogen (secondary N) is 2. The predicted molar refractivity (Wildman–Crippen MR) is 83.0 cm³/mol. The standard InChI is InChI=1S/C15H23N3O3/c1-11(2)21-14-8-5-7-13(15(14)18(19)20)17-10-12-6-3-4-9-16-12/h5,7-8,11-12,16-17H,3-4,6,9-10H2,1-2H3. The van der Waals surface area contributed by atoms with Crippen molar-refractivity contribution in [3.63, 3.8) is 0 Å². The van der Waals surface area contributed by atoms with E-state index in [4.69, 9.17) is 4.74 Å². The van der Waals surface area contributed by atoms with E-state index < -0.39 is 0 Å². The normalized spacial score (nSPS) is 18.5. The molecular formula is C15H23N3O3. The van der Waals surface area contributed by atoms with Gasteiger partial charge in [-0.25, -0.2) is 0 Å². The van der Waals surface area contributed by atoms with Crippen molar-refractivity contribution in [2.45, 2.75) is 45.3 Å². The first kappa shape index (κ1) is 15.6. The van der Waals surface area contributed by atoms with E-state index in [1.807, 2.05) is 13.8 Å². The Morgan fingerprint density at radius 2 is 2.29 bits per heavy atom. The number of ether oxygens (including phenoxy) is 1. The van der Waals surface area contributed by atoms with Crippen molar-refractivity contribution in [3.8, 4) is 5.75 Å². The molecule has 0 spiro atoms. The monoisotopic (exact) mass is 293 g/mol. The van der Waals surface area contributed by atoms with Crippen LogP contribution in [-0.2, 0) is 0 Å². The maximum atomic E-state index is 11.3. The van der Waals surface area contributed by atoms with Gasteiger partial charge >= 0.3 is 5.69 Å². The Balaban J connectivity index is 2.11. The van der Waals surface area contributed by atoms with Crippen LogP contribution in [0.2, 0.25) is 0 Å². The minimum atomic E-state index is -0.381. The molecule has 1 saturated heterocycles. The van der Waals surface area contributed by atoms with Crippen LogP contribution in [0.3, 0.4) is 0 Å². The van der Waals surface area contributed by atoms with E-state index in [-0.39, 0.29) is 16.7 Å². The van der Waals surface area contributed by atoms with E-state index in [9.17, 15) is 10.1 Å². The van der Waals surface area contributed by atoms with Crippen molar-refractivity contribution in [1.82, 2.24) is 5.32 Å². The highest BCUT2D eigenvalue weighted by Gasteiger charge is 2.22. The van der Waals surface area contributed by atoms with Gasteiger partial charge in [0.05, 0.1) is 11.0 Å². The molecule has 0 radical (unpaired) electrons. The second kappa shape index (κ2) is 7.26. The van der Waals surface area contributed by atoms with Gasteiger partial charge < -0.3 is 15.4 Å². The average molecular weight is 293 g/mol. The molecule has 0 saturated carbocycles. The Hall–Kier alpha value is -1.82. The van der Waals surface area contributed by atoms with E-state index in [1.165, 1.54) is 12.8 Å². The highest BCUT2D eigenvalue weighted by atomic mass is 16.6. The number of nitrogens with zero attached hydrogens (tertiary/aromatic N) is 1. The molecule has 0 aromatic heterocycles. The molecule has 1 aromatic rings. The van der Waals surface area contributed by atoms with Gasteiger partial charge in [-0.15, -0.1) is 0 Å². The Bertz CT molecular complexity index is 485. The largest absolute Gasteiger partial charge is 0.484 e. The summed E-state index contributed by atoms with van der Waals surface area (Å²) >= 11 is 0. The number of nitro groups is 1. The summed E-state index contributed by atoms with van der Waals surface area (Å²) in [5.41, 5.74) is 0.535. The summed E-state index contributed by atoms with van der Waals surface area (Å²) in [5, 5.41) is 18.0. The van der Waals surface area contributed by atoms with Crippen molar-refractivity contribution in [1.29, 1.82) is 0 Å². The summed E-state index contributed by atoms with van der Waals surface area (Å²) in [6.45, 7) is 5.42. The van der Waals surface area contributed by atoms with Crippen LogP contribution in [0.15, 0.2) is 18.2 Å². The Labute approximate surface area is 125 Å². The number of hydrogen-bond donors (Lipinski definition) is 2. The molecule has 1 fully saturated rings. The average Bonchev–Trinajstić information content (AvgIpc) is 2.45. The first-order valence-electron chi connectivity index (χ1n) is 7.49. The van der Waals surface area contributed by atoms with Crippen molar-refractivity contribution < 1.29 is 9.66 Å². The van der Waals surface area contributed by atoms with Crippen LogP contribution in [-0.4, -0.2) is 30.2 Å². The lowest BCUT2D eigenvalue weighted by molar-refractivity contribution is -0.385. The fourth-order valence-corrected chi connectivity index (χ4v) is 2.53.